The molecule has 4 saturated carbocycles. The minimum absolute atomic E-state index is 0.0151. The molecular formula is C17H20O6. The summed E-state index contributed by atoms with van der Waals surface area (Å²) in [7, 11) is 0. The van der Waals surface area contributed by atoms with Gasteiger partial charge in [0.15, 0.2) is 6.61 Å². The number of esters is 3. The first-order valence-corrected chi connectivity index (χ1v) is 8.18. The number of hydrogen-bond donors (Lipinski definition) is 0. The summed E-state index contributed by atoms with van der Waals surface area (Å²) in [6.45, 7) is 4.54. The fourth-order valence-electron chi connectivity index (χ4n) is 5.21. The van der Waals surface area contributed by atoms with Gasteiger partial charge in [-0.15, -0.1) is 0 Å². The van der Waals surface area contributed by atoms with E-state index >= 15 is 0 Å². The van der Waals surface area contributed by atoms with Crippen molar-refractivity contribution < 1.29 is 28.6 Å². The summed E-state index contributed by atoms with van der Waals surface area (Å²) in [5.41, 5.74) is 0.236. The van der Waals surface area contributed by atoms with Crippen LogP contribution in [-0.2, 0) is 28.6 Å². The molecule has 23 heavy (non-hydrogen) atoms. The first kappa shape index (κ1) is 14.7. The SMILES string of the molecule is C=C(C)C(=O)OCC(=O)OC1C2CC3CC4C(=O)OC1C(C3)C42. The van der Waals surface area contributed by atoms with E-state index in [0.717, 1.165) is 19.3 Å². The van der Waals surface area contributed by atoms with E-state index in [-0.39, 0.29) is 35.6 Å². The molecule has 7 atom stereocenters. The maximum absolute atomic E-state index is 12.1. The first-order valence-electron chi connectivity index (χ1n) is 8.18. The van der Waals surface area contributed by atoms with E-state index in [2.05, 4.69) is 6.58 Å². The monoisotopic (exact) mass is 320 g/mol. The van der Waals surface area contributed by atoms with Crippen molar-refractivity contribution in [1.82, 2.24) is 0 Å². The molecule has 0 radical (unpaired) electrons. The zero-order valence-electron chi connectivity index (χ0n) is 13.0. The van der Waals surface area contributed by atoms with Crippen LogP contribution in [0.5, 0.6) is 0 Å². The lowest BCUT2D eigenvalue weighted by Gasteiger charge is -2.48. The molecule has 0 aromatic carbocycles. The molecule has 0 amide bonds. The summed E-state index contributed by atoms with van der Waals surface area (Å²) in [6, 6.07) is 0. The van der Waals surface area contributed by atoms with Crippen molar-refractivity contribution in [2.45, 2.75) is 38.4 Å². The Balaban J connectivity index is 1.44. The van der Waals surface area contributed by atoms with Gasteiger partial charge in [-0.25, -0.2) is 9.59 Å². The maximum Gasteiger partial charge on any atom is 0.344 e. The molecule has 0 spiro atoms. The molecule has 1 saturated heterocycles. The molecule has 7 unspecified atom stereocenters. The van der Waals surface area contributed by atoms with Crippen LogP contribution in [-0.4, -0.2) is 36.7 Å². The third-order valence-electron chi connectivity index (χ3n) is 5.91. The van der Waals surface area contributed by atoms with Gasteiger partial charge in [-0.2, -0.15) is 0 Å². The van der Waals surface area contributed by atoms with E-state index in [0.29, 0.717) is 17.8 Å². The number of ether oxygens (including phenoxy) is 3. The van der Waals surface area contributed by atoms with Crippen LogP contribution < -0.4 is 0 Å². The third-order valence-corrected chi connectivity index (χ3v) is 5.91. The van der Waals surface area contributed by atoms with Crippen LogP contribution in [0.15, 0.2) is 12.2 Å². The Morgan fingerprint density at radius 2 is 2.00 bits per heavy atom. The van der Waals surface area contributed by atoms with E-state index in [1.807, 2.05) is 0 Å². The lowest BCUT2D eigenvalue weighted by Crippen LogP contribution is -2.49. The molecule has 1 aliphatic heterocycles. The predicted molar refractivity (Wildman–Crippen MR) is 76.8 cm³/mol. The van der Waals surface area contributed by atoms with Crippen molar-refractivity contribution in [1.29, 1.82) is 0 Å². The van der Waals surface area contributed by atoms with Gasteiger partial charge < -0.3 is 14.2 Å². The molecule has 0 N–H and O–H groups in total. The smallest absolute Gasteiger partial charge is 0.344 e. The highest BCUT2D eigenvalue weighted by molar-refractivity contribution is 5.88. The molecule has 5 fully saturated rings. The number of hydrogen-bond acceptors (Lipinski definition) is 6. The van der Waals surface area contributed by atoms with Crippen LogP contribution in [0.25, 0.3) is 0 Å². The van der Waals surface area contributed by atoms with Crippen molar-refractivity contribution in [2.75, 3.05) is 6.61 Å². The van der Waals surface area contributed by atoms with Crippen molar-refractivity contribution in [3.05, 3.63) is 12.2 Å². The standard InChI is InChI=1S/C17H20O6/c1-7(2)16(19)21-6-12(18)22-14-9-3-8-4-10-13(9)11(5-8)17(20)23-15(10)14/h8-11,13-15H,1,3-6H2,2H3. The summed E-state index contributed by atoms with van der Waals surface area (Å²) in [5.74, 6) is 0.0192. The van der Waals surface area contributed by atoms with Gasteiger partial charge in [-0.3, -0.25) is 4.79 Å². The largest absolute Gasteiger partial charge is 0.458 e. The van der Waals surface area contributed by atoms with E-state index in [1.165, 1.54) is 6.92 Å². The van der Waals surface area contributed by atoms with Crippen LogP contribution in [0.1, 0.15) is 26.2 Å². The van der Waals surface area contributed by atoms with Gasteiger partial charge in [0, 0.05) is 17.4 Å². The molecule has 1 heterocycles. The van der Waals surface area contributed by atoms with Crippen molar-refractivity contribution in [2.24, 2.45) is 29.6 Å². The van der Waals surface area contributed by atoms with Crippen LogP contribution in [0.2, 0.25) is 0 Å². The summed E-state index contributed by atoms with van der Waals surface area (Å²) < 4.78 is 16.0. The minimum atomic E-state index is -0.612. The van der Waals surface area contributed by atoms with Gasteiger partial charge in [0.1, 0.15) is 12.2 Å². The molecule has 6 bridgehead atoms. The van der Waals surface area contributed by atoms with E-state index in [1.54, 1.807) is 0 Å². The molecule has 5 rings (SSSR count). The fourth-order valence-corrected chi connectivity index (χ4v) is 5.21. The molecule has 0 aromatic heterocycles. The summed E-state index contributed by atoms with van der Waals surface area (Å²) in [4.78, 5) is 35.5. The number of rotatable bonds is 4. The third kappa shape index (κ3) is 2.18. The van der Waals surface area contributed by atoms with Crippen molar-refractivity contribution in [3.8, 4) is 0 Å². The Kier molecular flexibility index (Phi) is 3.25. The maximum atomic E-state index is 12.1. The fraction of sp³-hybridized carbons (Fsp3) is 0.706. The molecule has 6 nitrogen and oxygen atoms in total. The second kappa shape index (κ2) is 5.08. The highest BCUT2D eigenvalue weighted by Gasteiger charge is 2.67. The average Bonchev–Trinajstić information content (AvgIpc) is 2.68. The van der Waals surface area contributed by atoms with Gasteiger partial charge in [0.05, 0.1) is 5.92 Å². The summed E-state index contributed by atoms with van der Waals surface area (Å²) >= 11 is 0. The summed E-state index contributed by atoms with van der Waals surface area (Å²) in [5, 5.41) is 0. The molecule has 6 heteroatoms. The minimum Gasteiger partial charge on any atom is -0.458 e. The second-order valence-corrected chi connectivity index (χ2v) is 7.30. The van der Waals surface area contributed by atoms with Crippen LogP contribution in [0.3, 0.4) is 0 Å². The topological polar surface area (TPSA) is 78.9 Å². The van der Waals surface area contributed by atoms with Crippen molar-refractivity contribution >= 4 is 17.9 Å². The normalized spacial score (nSPS) is 42.3. The van der Waals surface area contributed by atoms with Gasteiger partial charge in [-0.1, -0.05) is 6.58 Å². The molecule has 4 aliphatic carbocycles. The van der Waals surface area contributed by atoms with E-state index in [9.17, 15) is 14.4 Å². The Labute approximate surface area is 134 Å². The van der Waals surface area contributed by atoms with E-state index < -0.39 is 18.5 Å². The van der Waals surface area contributed by atoms with Crippen LogP contribution >= 0.6 is 0 Å². The lowest BCUT2D eigenvalue weighted by molar-refractivity contribution is -0.182. The van der Waals surface area contributed by atoms with Crippen molar-refractivity contribution in [3.63, 3.8) is 0 Å². The number of carbonyl (C=O) groups excluding carboxylic acids is 3. The zero-order chi connectivity index (χ0) is 16.3. The number of carbonyl (C=O) groups is 3. The van der Waals surface area contributed by atoms with Gasteiger partial charge in [-0.05, 0) is 38.0 Å². The predicted octanol–water partition coefficient (Wildman–Crippen LogP) is 1.23. The first-order chi connectivity index (χ1) is 11.0. The highest BCUT2D eigenvalue weighted by atomic mass is 16.6. The Morgan fingerprint density at radius 3 is 2.74 bits per heavy atom. The summed E-state index contributed by atoms with van der Waals surface area (Å²) in [6.07, 6.45) is 2.27. The highest BCUT2D eigenvalue weighted by Crippen LogP contribution is 2.62. The lowest BCUT2D eigenvalue weighted by atomic mass is 9.58. The van der Waals surface area contributed by atoms with E-state index in [4.69, 9.17) is 14.2 Å². The Bertz CT molecular complexity index is 596. The Hall–Kier alpha value is -1.85. The average molecular weight is 320 g/mol. The molecule has 124 valence electrons. The van der Waals surface area contributed by atoms with Gasteiger partial charge in [0.25, 0.3) is 0 Å². The van der Waals surface area contributed by atoms with Gasteiger partial charge in [0.2, 0.25) is 0 Å². The molecular weight excluding hydrogens is 300 g/mol. The van der Waals surface area contributed by atoms with Gasteiger partial charge >= 0.3 is 17.9 Å². The zero-order valence-corrected chi connectivity index (χ0v) is 13.0. The van der Waals surface area contributed by atoms with Crippen LogP contribution in [0, 0.1) is 29.6 Å². The Morgan fingerprint density at radius 1 is 1.26 bits per heavy atom. The molecule has 5 aliphatic rings. The quantitative estimate of drug-likeness (QED) is 0.440. The van der Waals surface area contributed by atoms with Crippen LogP contribution in [0.4, 0.5) is 0 Å². The second-order valence-electron chi connectivity index (χ2n) is 7.30. The molecule has 0 aromatic rings.